The van der Waals surface area contributed by atoms with Crippen LogP contribution in [0.4, 0.5) is 5.69 Å². The molecular formula is C22H34N2O. The lowest BCUT2D eigenvalue weighted by molar-refractivity contribution is 0.248. The number of rotatable bonds is 5. The second-order valence-electron chi connectivity index (χ2n) is 8.25. The van der Waals surface area contributed by atoms with E-state index in [9.17, 15) is 0 Å². The SMILES string of the molecule is COc1ccccc1N1CCN(CCC2=C(C)CCCC2(C)C)CC1. The molecule has 1 heterocycles. The number of nitrogens with zero attached hydrogens (tertiary/aromatic N) is 2. The Morgan fingerprint density at radius 1 is 1.08 bits per heavy atom. The summed E-state index contributed by atoms with van der Waals surface area (Å²) in [6.07, 6.45) is 5.26. The lowest BCUT2D eigenvalue weighted by Gasteiger charge is -2.39. The molecule has 1 aromatic rings. The molecule has 1 aliphatic carbocycles. The van der Waals surface area contributed by atoms with Crippen molar-refractivity contribution in [1.82, 2.24) is 4.90 Å². The van der Waals surface area contributed by atoms with Crippen molar-refractivity contribution in [3.63, 3.8) is 0 Å². The minimum absolute atomic E-state index is 0.404. The highest BCUT2D eigenvalue weighted by Crippen LogP contribution is 2.41. The van der Waals surface area contributed by atoms with Crippen molar-refractivity contribution in [1.29, 1.82) is 0 Å². The number of piperazine rings is 1. The topological polar surface area (TPSA) is 15.7 Å². The van der Waals surface area contributed by atoms with Gasteiger partial charge in [-0.3, -0.25) is 4.90 Å². The molecule has 0 bridgehead atoms. The van der Waals surface area contributed by atoms with Crippen LogP contribution in [0, 0.1) is 5.41 Å². The van der Waals surface area contributed by atoms with E-state index in [0.717, 1.165) is 31.9 Å². The number of methoxy groups -OCH3 is 1. The third kappa shape index (κ3) is 4.20. The molecule has 0 unspecified atom stereocenters. The van der Waals surface area contributed by atoms with E-state index in [2.05, 4.69) is 48.8 Å². The van der Waals surface area contributed by atoms with Gasteiger partial charge in [0.05, 0.1) is 12.8 Å². The Labute approximate surface area is 153 Å². The largest absolute Gasteiger partial charge is 0.495 e. The Morgan fingerprint density at radius 2 is 1.80 bits per heavy atom. The summed E-state index contributed by atoms with van der Waals surface area (Å²) in [6.45, 7) is 12.9. The van der Waals surface area contributed by atoms with Gasteiger partial charge in [0.2, 0.25) is 0 Å². The molecule has 1 aromatic carbocycles. The van der Waals surface area contributed by atoms with Gasteiger partial charge in [-0.2, -0.15) is 0 Å². The number of hydrogen-bond donors (Lipinski definition) is 0. The number of anilines is 1. The summed E-state index contributed by atoms with van der Waals surface area (Å²) in [5.41, 5.74) is 5.02. The molecule has 0 radical (unpaired) electrons. The Hall–Kier alpha value is -1.48. The molecule has 0 spiro atoms. The highest BCUT2D eigenvalue weighted by molar-refractivity contribution is 5.58. The van der Waals surface area contributed by atoms with Crippen molar-refractivity contribution >= 4 is 5.69 Å². The molecule has 138 valence electrons. The summed E-state index contributed by atoms with van der Waals surface area (Å²) in [5, 5.41) is 0. The lowest BCUT2D eigenvalue weighted by atomic mass is 9.71. The first-order chi connectivity index (χ1) is 12.0. The molecule has 1 fully saturated rings. The monoisotopic (exact) mass is 342 g/mol. The number of hydrogen-bond acceptors (Lipinski definition) is 3. The Balaban J connectivity index is 1.55. The van der Waals surface area contributed by atoms with Crippen molar-refractivity contribution in [3.05, 3.63) is 35.4 Å². The van der Waals surface area contributed by atoms with Gasteiger partial charge in [-0.25, -0.2) is 0 Å². The summed E-state index contributed by atoms with van der Waals surface area (Å²) in [5.74, 6) is 0.987. The molecule has 0 amide bonds. The van der Waals surface area contributed by atoms with Crippen LogP contribution in [0.5, 0.6) is 5.75 Å². The fraction of sp³-hybridized carbons (Fsp3) is 0.636. The fourth-order valence-corrected chi connectivity index (χ4v) is 4.60. The predicted molar refractivity (Wildman–Crippen MR) is 107 cm³/mol. The smallest absolute Gasteiger partial charge is 0.142 e. The van der Waals surface area contributed by atoms with Gasteiger partial charge in [0.15, 0.2) is 0 Å². The van der Waals surface area contributed by atoms with E-state index in [1.165, 1.54) is 37.9 Å². The van der Waals surface area contributed by atoms with Crippen molar-refractivity contribution in [3.8, 4) is 5.75 Å². The predicted octanol–water partition coefficient (Wildman–Crippen LogP) is 4.73. The highest BCUT2D eigenvalue weighted by Gasteiger charge is 2.28. The standard InChI is InChI=1S/C22H34N2O/c1-18-8-7-12-22(2,3)19(18)11-13-23-14-16-24(17-15-23)20-9-5-6-10-21(20)25-4/h5-6,9-10H,7-8,11-17H2,1-4H3. The van der Waals surface area contributed by atoms with Gasteiger partial charge in [0.1, 0.15) is 5.75 Å². The number of ether oxygens (including phenoxy) is 1. The van der Waals surface area contributed by atoms with Crippen LogP contribution < -0.4 is 9.64 Å². The molecule has 0 atom stereocenters. The van der Waals surface area contributed by atoms with Crippen molar-refractivity contribution in [2.75, 3.05) is 44.7 Å². The highest BCUT2D eigenvalue weighted by atomic mass is 16.5. The Morgan fingerprint density at radius 3 is 2.48 bits per heavy atom. The number of allylic oxidation sites excluding steroid dienone is 1. The van der Waals surface area contributed by atoms with E-state index in [4.69, 9.17) is 4.74 Å². The van der Waals surface area contributed by atoms with E-state index in [0.29, 0.717) is 5.41 Å². The second-order valence-corrected chi connectivity index (χ2v) is 8.25. The van der Waals surface area contributed by atoms with Gasteiger partial charge in [-0.15, -0.1) is 0 Å². The first-order valence-electron chi connectivity index (χ1n) is 9.81. The van der Waals surface area contributed by atoms with Gasteiger partial charge in [0.25, 0.3) is 0 Å². The van der Waals surface area contributed by atoms with Gasteiger partial charge < -0.3 is 9.64 Å². The van der Waals surface area contributed by atoms with Gasteiger partial charge >= 0.3 is 0 Å². The summed E-state index contributed by atoms with van der Waals surface area (Å²) >= 11 is 0. The first-order valence-corrected chi connectivity index (χ1v) is 9.81. The van der Waals surface area contributed by atoms with Crippen LogP contribution in [0.25, 0.3) is 0 Å². The van der Waals surface area contributed by atoms with Crippen LogP contribution in [0.3, 0.4) is 0 Å². The van der Waals surface area contributed by atoms with Gasteiger partial charge in [0, 0.05) is 32.7 Å². The zero-order chi connectivity index (χ0) is 17.9. The van der Waals surface area contributed by atoms with Crippen molar-refractivity contribution < 1.29 is 4.74 Å². The van der Waals surface area contributed by atoms with Crippen LogP contribution in [0.1, 0.15) is 46.5 Å². The average molecular weight is 343 g/mol. The summed E-state index contributed by atoms with van der Waals surface area (Å²) in [4.78, 5) is 5.10. The third-order valence-corrected chi connectivity index (χ3v) is 6.16. The molecule has 0 saturated carbocycles. The summed E-state index contributed by atoms with van der Waals surface area (Å²) in [6, 6.07) is 8.38. The van der Waals surface area contributed by atoms with Crippen LogP contribution in [-0.2, 0) is 0 Å². The van der Waals surface area contributed by atoms with Crippen LogP contribution in [-0.4, -0.2) is 44.7 Å². The minimum atomic E-state index is 0.404. The van der Waals surface area contributed by atoms with E-state index < -0.39 is 0 Å². The summed E-state index contributed by atoms with van der Waals surface area (Å²) < 4.78 is 5.53. The molecular weight excluding hydrogens is 308 g/mol. The van der Waals surface area contributed by atoms with Gasteiger partial charge in [-0.05, 0) is 50.2 Å². The first kappa shape index (κ1) is 18.3. The number of benzene rings is 1. The molecule has 3 rings (SSSR count). The molecule has 2 aliphatic rings. The molecule has 3 nitrogen and oxygen atoms in total. The van der Waals surface area contributed by atoms with Crippen LogP contribution in [0.2, 0.25) is 0 Å². The third-order valence-electron chi connectivity index (χ3n) is 6.16. The van der Waals surface area contributed by atoms with Crippen molar-refractivity contribution in [2.45, 2.75) is 46.5 Å². The lowest BCUT2D eigenvalue weighted by Crippen LogP contribution is -2.47. The second kappa shape index (κ2) is 7.82. The molecule has 1 saturated heterocycles. The maximum atomic E-state index is 5.53. The van der Waals surface area contributed by atoms with Crippen molar-refractivity contribution in [2.24, 2.45) is 5.41 Å². The summed E-state index contributed by atoms with van der Waals surface area (Å²) in [7, 11) is 1.76. The quantitative estimate of drug-likeness (QED) is 0.719. The van der Waals surface area contributed by atoms with Gasteiger partial charge in [-0.1, -0.05) is 37.1 Å². The minimum Gasteiger partial charge on any atom is -0.495 e. The maximum absolute atomic E-state index is 5.53. The molecule has 25 heavy (non-hydrogen) atoms. The molecule has 0 N–H and O–H groups in total. The zero-order valence-corrected chi connectivity index (χ0v) is 16.5. The molecule has 0 aromatic heterocycles. The van der Waals surface area contributed by atoms with E-state index in [-0.39, 0.29) is 0 Å². The molecule has 3 heteroatoms. The Kier molecular flexibility index (Phi) is 5.73. The Bertz CT molecular complexity index is 612. The zero-order valence-electron chi connectivity index (χ0n) is 16.5. The van der Waals surface area contributed by atoms with Crippen LogP contribution >= 0.6 is 0 Å². The van der Waals surface area contributed by atoms with E-state index in [1.54, 1.807) is 18.3 Å². The fourth-order valence-electron chi connectivity index (χ4n) is 4.60. The number of para-hydroxylation sites is 2. The van der Waals surface area contributed by atoms with E-state index in [1.807, 2.05) is 6.07 Å². The maximum Gasteiger partial charge on any atom is 0.142 e. The molecule has 1 aliphatic heterocycles. The van der Waals surface area contributed by atoms with E-state index >= 15 is 0 Å². The van der Waals surface area contributed by atoms with Crippen LogP contribution in [0.15, 0.2) is 35.4 Å². The average Bonchev–Trinajstić information content (AvgIpc) is 2.61. The normalized spacial score (nSPS) is 21.5.